The SMILES string of the molecule is C[C@@H](NC(=O)c1cc(OC[C@@H]2CNCCO2)cc(-c2ncc(Cl)s2)c1)c1cnc(C(F)(F)F)nc1. The number of hydrogen-bond donors (Lipinski definition) is 2. The molecule has 1 aromatic carbocycles. The smallest absolute Gasteiger partial charge is 0.451 e. The van der Waals surface area contributed by atoms with E-state index in [1.54, 1.807) is 25.1 Å². The maximum atomic E-state index is 13.0. The highest BCUT2D eigenvalue weighted by Gasteiger charge is 2.34. The topological polar surface area (TPSA) is 98.3 Å². The zero-order valence-electron chi connectivity index (χ0n) is 18.4. The Morgan fingerprint density at radius 2 is 2.06 bits per heavy atom. The summed E-state index contributed by atoms with van der Waals surface area (Å²) in [5, 5.41) is 6.58. The lowest BCUT2D eigenvalue weighted by Crippen LogP contribution is -2.41. The van der Waals surface area contributed by atoms with Gasteiger partial charge in [-0.3, -0.25) is 4.79 Å². The van der Waals surface area contributed by atoms with Crippen LogP contribution in [0.1, 0.15) is 34.7 Å². The number of amides is 1. The van der Waals surface area contributed by atoms with E-state index in [0.29, 0.717) is 39.4 Å². The van der Waals surface area contributed by atoms with Crippen LogP contribution in [0.2, 0.25) is 4.34 Å². The Morgan fingerprint density at radius 3 is 2.69 bits per heavy atom. The Balaban J connectivity index is 1.52. The molecule has 0 spiro atoms. The quantitative estimate of drug-likeness (QED) is 0.477. The van der Waals surface area contributed by atoms with Gasteiger partial charge >= 0.3 is 6.18 Å². The molecule has 35 heavy (non-hydrogen) atoms. The van der Waals surface area contributed by atoms with Crippen LogP contribution in [0, 0.1) is 0 Å². The van der Waals surface area contributed by atoms with Crippen molar-refractivity contribution in [1.29, 1.82) is 0 Å². The number of nitrogens with one attached hydrogen (secondary N) is 2. The second kappa shape index (κ2) is 10.9. The summed E-state index contributed by atoms with van der Waals surface area (Å²) in [5.74, 6) is -1.26. The van der Waals surface area contributed by atoms with Gasteiger partial charge in [0.1, 0.15) is 27.8 Å². The highest BCUT2D eigenvalue weighted by atomic mass is 35.5. The van der Waals surface area contributed by atoms with Gasteiger partial charge in [0.05, 0.1) is 18.8 Å². The summed E-state index contributed by atoms with van der Waals surface area (Å²) < 4.78 is 50.2. The number of ether oxygens (including phenoxy) is 2. The lowest BCUT2D eigenvalue weighted by molar-refractivity contribution is -0.145. The first-order valence-corrected chi connectivity index (χ1v) is 11.8. The van der Waals surface area contributed by atoms with Gasteiger partial charge in [0.25, 0.3) is 5.91 Å². The van der Waals surface area contributed by atoms with Gasteiger partial charge in [0, 0.05) is 42.2 Å². The van der Waals surface area contributed by atoms with Crippen LogP contribution in [0.25, 0.3) is 10.6 Å². The van der Waals surface area contributed by atoms with Gasteiger partial charge in [0.15, 0.2) is 0 Å². The number of thiazole rings is 1. The molecule has 13 heteroatoms. The monoisotopic (exact) mass is 527 g/mol. The lowest BCUT2D eigenvalue weighted by atomic mass is 10.1. The van der Waals surface area contributed by atoms with E-state index in [2.05, 4.69) is 25.6 Å². The fraction of sp³-hybridized carbons (Fsp3) is 0.364. The molecule has 3 heterocycles. The molecule has 8 nitrogen and oxygen atoms in total. The van der Waals surface area contributed by atoms with E-state index in [-0.39, 0.29) is 18.3 Å². The lowest BCUT2D eigenvalue weighted by Gasteiger charge is -2.23. The van der Waals surface area contributed by atoms with Crippen LogP contribution in [-0.4, -0.2) is 53.3 Å². The summed E-state index contributed by atoms with van der Waals surface area (Å²) >= 11 is 7.28. The minimum absolute atomic E-state index is 0.126. The first-order valence-electron chi connectivity index (χ1n) is 10.6. The number of hydrogen-bond acceptors (Lipinski definition) is 8. The van der Waals surface area contributed by atoms with Crippen molar-refractivity contribution in [3.63, 3.8) is 0 Å². The number of carbonyl (C=O) groups excluding carboxylic acids is 1. The molecule has 1 amide bonds. The number of aromatic nitrogens is 3. The van der Waals surface area contributed by atoms with Crippen molar-refractivity contribution in [3.8, 4) is 16.3 Å². The standard InChI is InChI=1S/C22H21ClF3N5O3S/c1-12(15-7-29-21(30-8-15)22(24,25)26)31-19(32)13-4-14(20-28-10-18(23)35-20)6-16(5-13)34-11-17-9-27-2-3-33-17/h4-8,10,12,17,27H,2-3,9,11H2,1H3,(H,31,32)/t12-,17+/m1/s1. The fourth-order valence-electron chi connectivity index (χ4n) is 3.31. The third-order valence-corrected chi connectivity index (χ3v) is 6.27. The van der Waals surface area contributed by atoms with E-state index in [9.17, 15) is 18.0 Å². The Morgan fingerprint density at radius 1 is 1.29 bits per heavy atom. The first kappa shape index (κ1) is 25.3. The summed E-state index contributed by atoms with van der Waals surface area (Å²) in [4.78, 5) is 24.0. The summed E-state index contributed by atoms with van der Waals surface area (Å²) in [7, 11) is 0. The molecule has 3 aromatic rings. The number of carbonyl (C=O) groups is 1. The molecular formula is C22H21ClF3N5O3S. The van der Waals surface area contributed by atoms with Crippen LogP contribution >= 0.6 is 22.9 Å². The van der Waals surface area contributed by atoms with Gasteiger partial charge in [-0.05, 0) is 25.1 Å². The molecule has 1 saturated heterocycles. The molecular weight excluding hydrogens is 507 g/mol. The minimum atomic E-state index is -4.64. The van der Waals surface area contributed by atoms with E-state index in [0.717, 1.165) is 18.9 Å². The molecule has 0 unspecified atom stereocenters. The highest BCUT2D eigenvalue weighted by Crippen LogP contribution is 2.32. The fourth-order valence-corrected chi connectivity index (χ4v) is 4.21. The molecule has 2 aromatic heterocycles. The van der Waals surface area contributed by atoms with Gasteiger partial charge in [0.2, 0.25) is 5.82 Å². The average Bonchev–Trinajstić information content (AvgIpc) is 3.29. The van der Waals surface area contributed by atoms with E-state index < -0.39 is 23.9 Å². The number of alkyl halides is 3. The number of nitrogens with zero attached hydrogens (tertiary/aromatic N) is 3. The van der Waals surface area contributed by atoms with Crippen molar-refractivity contribution in [2.45, 2.75) is 25.2 Å². The molecule has 1 aliphatic rings. The Kier molecular flexibility index (Phi) is 7.85. The van der Waals surface area contributed by atoms with Crippen LogP contribution in [0.15, 0.2) is 36.8 Å². The van der Waals surface area contributed by atoms with Crippen LogP contribution < -0.4 is 15.4 Å². The van der Waals surface area contributed by atoms with Crippen LogP contribution in [-0.2, 0) is 10.9 Å². The molecule has 186 valence electrons. The van der Waals surface area contributed by atoms with E-state index >= 15 is 0 Å². The second-order valence-electron chi connectivity index (χ2n) is 7.76. The molecule has 2 atom stereocenters. The van der Waals surface area contributed by atoms with E-state index in [4.69, 9.17) is 21.1 Å². The first-order chi connectivity index (χ1) is 16.7. The maximum absolute atomic E-state index is 13.0. The predicted molar refractivity (Wildman–Crippen MR) is 124 cm³/mol. The minimum Gasteiger partial charge on any atom is -0.491 e. The van der Waals surface area contributed by atoms with Crippen molar-refractivity contribution in [1.82, 2.24) is 25.6 Å². The number of halogens is 4. The highest BCUT2D eigenvalue weighted by molar-refractivity contribution is 7.18. The summed E-state index contributed by atoms with van der Waals surface area (Å²) in [6.45, 7) is 3.94. The molecule has 0 bridgehead atoms. The zero-order chi connectivity index (χ0) is 25.0. The van der Waals surface area contributed by atoms with Gasteiger partial charge in [-0.1, -0.05) is 11.6 Å². The maximum Gasteiger partial charge on any atom is 0.451 e. The van der Waals surface area contributed by atoms with Crippen molar-refractivity contribution in [3.05, 3.63) is 58.1 Å². The summed E-state index contributed by atoms with van der Waals surface area (Å²) in [5.41, 5.74) is 1.25. The Hall–Kier alpha value is -2.80. The third kappa shape index (κ3) is 6.66. The van der Waals surface area contributed by atoms with Crippen molar-refractivity contribution < 1.29 is 27.4 Å². The van der Waals surface area contributed by atoms with Crippen molar-refractivity contribution in [2.75, 3.05) is 26.3 Å². The Bertz CT molecular complexity index is 1170. The average molecular weight is 528 g/mol. The molecule has 0 saturated carbocycles. The van der Waals surface area contributed by atoms with Gasteiger partial charge in [-0.15, -0.1) is 11.3 Å². The van der Waals surface area contributed by atoms with Gasteiger partial charge in [-0.2, -0.15) is 13.2 Å². The Labute approximate surface area is 207 Å². The molecule has 2 N–H and O–H groups in total. The van der Waals surface area contributed by atoms with Crippen LogP contribution in [0.3, 0.4) is 0 Å². The number of benzene rings is 1. The van der Waals surface area contributed by atoms with Gasteiger partial charge < -0.3 is 20.1 Å². The summed E-state index contributed by atoms with van der Waals surface area (Å²) in [6, 6.07) is 4.34. The molecule has 4 rings (SSSR count). The largest absolute Gasteiger partial charge is 0.491 e. The van der Waals surface area contributed by atoms with Crippen LogP contribution in [0.4, 0.5) is 13.2 Å². The normalized spacial score (nSPS) is 17.1. The molecule has 0 aliphatic carbocycles. The van der Waals surface area contributed by atoms with Crippen molar-refractivity contribution in [2.24, 2.45) is 0 Å². The van der Waals surface area contributed by atoms with Crippen molar-refractivity contribution >= 4 is 28.8 Å². The second-order valence-corrected chi connectivity index (χ2v) is 9.42. The number of morpholine rings is 1. The zero-order valence-corrected chi connectivity index (χ0v) is 20.0. The molecule has 1 fully saturated rings. The van der Waals surface area contributed by atoms with Crippen LogP contribution in [0.5, 0.6) is 5.75 Å². The predicted octanol–water partition coefficient (Wildman–Crippen LogP) is 4.13. The number of rotatable bonds is 7. The van der Waals surface area contributed by atoms with E-state index in [1.807, 2.05) is 0 Å². The third-order valence-electron chi connectivity index (χ3n) is 5.11. The molecule has 1 aliphatic heterocycles. The van der Waals surface area contributed by atoms with Gasteiger partial charge in [-0.25, -0.2) is 15.0 Å². The van der Waals surface area contributed by atoms with E-state index in [1.165, 1.54) is 17.5 Å². The molecule has 0 radical (unpaired) electrons. The summed E-state index contributed by atoms with van der Waals surface area (Å²) in [6.07, 6.45) is -1.16.